The molecular weight excluding hydrogens is 418 g/mol. The van der Waals surface area contributed by atoms with E-state index >= 15 is 0 Å². The number of aromatic nitrogens is 2. The van der Waals surface area contributed by atoms with Crippen molar-refractivity contribution in [1.29, 1.82) is 0 Å². The first-order valence-corrected chi connectivity index (χ1v) is 10.0. The summed E-state index contributed by atoms with van der Waals surface area (Å²) < 4.78 is 11.7. The molecule has 1 aliphatic rings. The first kappa shape index (κ1) is 23.3. The van der Waals surface area contributed by atoms with Gasteiger partial charge in [-0.1, -0.05) is 42.5 Å². The van der Waals surface area contributed by atoms with Crippen molar-refractivity contribution in [2.24, 2.45) is 0 Å². The summed E-state index contributed by atoms with van der Waals surface area (Å²) in [6.07, 6.45) is 2.49. The van der Waals surface area contributed by atoms with Gasteiger partial charge < -0.3 is 25.4 Å². The maximum Gasteiger partial charge on any atom is 0.352 e. The van der Waals surface area contributed by atoms with Gasteiger partial charge >= 0.3 is 11.7 Å². The third kappa shape index (κ3) is 4.77. The molecule has 3 rings (SSSR count). The molecule has 0 spiro atoms. The van der Waals surface area contributed by atoms with Crippen LogP contribution in [0.2, 0.25) is 0 Å². The van der Waals surface area contributed by atoms with Crippen LogP contribution in [0.5, 0.6) is 0 Å². The lowest BCUT2D eigenvalue weighted by Crippen LogP contribution is -2.48. The van der Waals surface area contributed by atoms with E-state index in [0.29, 0.717) is 12.0 Å². The first-order valence-electron chi connectivity index (χ1n) is 10.0. The SMILES string of the molecule is CC(=O)OCCC=Cc1cn([C@@]2(C(=O)c3ccccc3)C[C@H](O)[C@@H](CO)O2)c(=O)nc1N. The van der Waals surface area contributed by atoms with E-state index in [2.05, 4.69) is 4.98 Å². The van der Waals surface area contributed by atoms with E-state index in [-0.39, 0.29) is 24.4 Å². The quantitative estimate of drug-likeness (QED) is 0.300. The lowest BCUT2D eigenvalue weighted by Gasteiger charge is -2.30. The Bertz CT molecular complexity index is 1070. The van der Waals surface area contributed by atoms with Gasteiger partial charge in [-0.25, -0.2) is 4.79 Å². The van der Waals surface area contributed by atoms with Crippen molar-refractivity contribution in [3.63, 3.8) is 0 Å². The van der Waals surface area contributed by atoms with Gasteiger partial charge in [-0.05, 0) is 6.42 Å². The number of esters is 1. The van der Waals surface area contributed by atoms with Crippen LogP contribution in [0.25, 0.3) is 6.08 Å². The van der Waals surface area contributed by atoms with Crippen LogP contribution in [0.1, 0.15) is 35.7 Å². The summed E-state index contributed by atoms with van der Waals surface area (Å²) in [5.74, 6) is -1.02. The molecule has 10 nitrogen and oxygen atoms in total. The van der Waals surface area contributed by atoms with Crippen LogP contribution in [0.4, 0.5) is 5.82 Å². The number of carbonyl (C=O) groups excluding carboxylic acids is 2. The van der Waals surface area contributed by atoms with Gasteiger partial charge in [0.15, 0.2) is 0 Å². The van der Waals surface area contributed by atoms with Crippen molar-refractivity contribution < 1.29 is 29.3 Å². The van der Waals surface area contributed by atoms with Crippen LogP contribution in [0.3, 0.4) is 0 Å². The zero-order chi connectivity index (χ0) is 23.3. The van der Waals surface area contributed by atoms with Crippen molar-refractivity contribution in [2.45, 2.75) is 37.7 Å². The monoisotopic (exact) mass is 443 g/mol. The van der Waals surface area contributed by atoms with Gasteiger partial charge in [0, 0.05) is 30.7 Å². The van der Waals surface area contributed by atoms with Crippen molar-refractivity contribution in [3.05, 3.63) is 64.2 Å². The number of ether oxygens (including phenoxy) is 2. The lowest BCUT2D eigenvalue weighted by atomic mass is 9.96. The number of nitrogen functional groups attached to an aromatic ring is 1. The minimum Gasteiger partial charge on any atom is -0.466 e. The average molecular weight is 443 g/mol. The molecule has 3 atom stereocenters. The van der Waals surface area contributed by atoms with Crippen LogP contribution >= 0.6 is 0 Å². The smallest absolute Gasteiger partial charge is 0.352 e. The summed E-state index contributed by atoms with van der Waals surface area (Å²) in [7, 11) is 0. The zero-order valence-corrected chi connectivity index (χ0v) is 17.5. The molecule has 1 aromatic heterocycles. The highest BCUT2D eigenvalue weighted by atomic mass is 16.6. The van der Waals surface area contributed by atoms with E-state index in [1.54, 1.807) is 42.5 Å². The van der Waals surface area contributed by atoms with Crippen LogP contribution in [0, 0.1) is 0 Å². The van der Waals surface area contributed by atoms with Crippen LogP contribution in [-0.4, -0.2) is 56.9 Å². The fraction of sp³-hybridized carbons (Fsp3) is 0.364. The molecular formula is C22H25N3O7. The highest BCUT2D eigenvalue weighted by molar-refractivity contribution is 6.01. The summed E-state index contributed by atoms with van der Waals surface area (Å²) in [5, 5.41) is 20.0. The summed E-state index contributed by atoms with van der Waals surface area (Å²) in [5.41, 5.74) is 3.73. The van der Waals surface area contributed by atoms with Gasteiger partial charge in [0.2, 0.25) is 11.5 Å². The number of carbonyl (C=O) groups is 2. The fourth-order valence-corrected chi connectivity index (χ4v) is 3.53. The zero-order valence-electron chi connectivity index (χ0n) is 17.5. The molecule has 0 radical (unpaired) electrons. The molecule has 10 heteroatoms. The Labute approximate surface area is 183 Å². The Morgan fingerprint density at radius 3 is 2.72 bits per heavy atom. The summed E-state index contributed by atoms with van der Waals surface area (Å²) in [6, 6.07) is 8.20. The van der Waals surface area contributed by atoms with E-state index in [9.17, 15) is 24.6 Å². The highest BCUT2D eigenvalue weighted by Crippen LogP contribution is 2.37. The molecule has 0 unspecified atom stereocenters. The van der Waals surface area contributed by atoms with Gasteiger partial charge in [-0.3, -0.25) is 14.2 Å². The van der Waals surface area contributed by atoms with E-state index in [1.165, 1.54) is 13.1 Å². The van der Waals surface area contributed by atoms with E-state index < -0.39 is 42.0 Å². The number of rotatable bonds is 8. The van der Waals surface area contributed by atoms with Gasteiger partial charge in [-0.2, -0.15) is 4.98 Å². The molecule has 1 saturated heterocycles. The molecule has 2 aromatic rings. The predicted octanol–water partition coefficient (Wildman–Crippen LogP) is 0.470. The maximum absolute atomic E-state index is 13.5. The topological polar surface area (TPSA) is 154 Å². The van der Waals surface area contributed by atoms with Gasteiger partial charge in [0.05, 0.1) is 19.3 Å². The Kier molecular flexibility index (Phi) is 7.18. The van der Waals surface area contributed by atoms with Crippen LogP contribution in [0.15, 0.2) is 47.4 Å². The number of anilines is 1. The molecule has 1 aromatic carbocycles. The normalized spacial score (nSPS) is 22.8. The van der Waals surface area contributed by atoms with E-state index in [4.69, 9.17) is 15.2 Å². The lowest BCUT2D eigenvalue weighted by molar-refractivity contribution is -0.140. The Balaban J connectivity index is 2.03. The number of nitrogens with two attached hydrogens (primary N) is 1. The number of ketones is 1. The van der Waals surface area contributed by atoms with Gasteiger partial charge in [-0.15, -0.1) is 0 Å². The standard InChI is InChI=1S/C22H25N3O7/c1-14(27)31-10-6-5-9-16-12-25(21(30)24-20(16)23)22(11-17(28)18(13-26)32-22)19(29)15-7-3-2-4-8-15/h2-5,7-9,12,17-18,26,28H,6,10-11,13H2,1H3,(H2,23,24,30)/t17-,18+,22-/m0/s1. The Morgan fingerprint density at radius 1 is 1.38 bits per heavy atom. The molecule has 0 amide bonds. The number of hydrogen-bond donors (Lipinski definition) is 3. The molecule has 2 heterocycles. The minimum absolute atomic E-state index is 0.0606. The van der Waals surface area contributed by atoms with Gasteiger partial charge in [0.1, 0.15) is 11.9 Å². The molecule has 4 N–H and O–H groups in total. The molecule has 0 saturated carbocycles. The summed E-state index contributed by atoms with van der Waals surface area (Å²) in [4.78, 5) is 40.9. The second-order valence-electron chi connectivity index (χ2n) is 7.36. The third-order valence-corrected chi connectivity index (χ3v) is 5.09. The summed E-state index contributed by atoms with van der Waals surface area (Å²) in [6.45, 7) is 0.939. The number of benzene rings is 1. The first-order chi connectivity index (χ1) is 15.3. The fourth-order valence-electron chi connectivity index (χ4n) is 3.53. The number of Topliss-reactive ketones (excluding diaryl/α,β-unsaturated/α-hetero) is 1. The van der Waals surface area contributed by atoms with E-state index in [1.807, 2.05) is 0 Å². The molecule has 0 bridgehead atoms. The van der Waals surface area contributed by atoms with Crippen molar-refractivity contribution in [3.8, 4) is 0 Å². The number of aliphatic hydroxyl groups excluding tert-OH is 2. The third-order valence-electron chi connectivity index (χ3n) is 5.09. The molecule has 0 aliphatic carbocycles. The number of nitrogens with zero attached hydrogens (tertiary/aromatic N) is 2. The molecule has 1 fully saturated rings. The molecule has 32 heavy (non-hydrogen) atoms. The van der Waals surface area contributed by atoms with Crippen molar-refractivity contribution in [2.75, 3.05) is 18.9 Å². The summed E-state index contributed by atoms with van der Waals surface area (Å²) >= 11 is 0. The largest absolute Gasteiger partial charge is 0.466 e. The minimum atomic E-state index is -1.91. The van der Waals surface area contributed by atoms with E-state index in [0.717, 1.165) is 4.57 Å². The Morgan fingerprint density at radius 2 is 2.09 bits per heavy atom. The second-order valence-corrected chi connectivity index (χ2v) is 7.36. The number of hydrogen-bond acceptors (Lipinski definition) is 9. The highest BCUT2D eigenvalue weighted by Gasteiger charge is 2.53. The second kappa shape index (κ2) is 9.86. The predicted molar refractivity (Wildman–Crippen MR) is 115 cm³/mol. The van der Waals surface area contributed by atoms with Crippen LogP contribution < -0.4 is 11.4 Å². The molecule has 170 valence electrons. The average Bonchev–Trinajstić information content (AvgIpc) is 3.11. The van der Waals surface area contributed by atoms with Crippen molar-refractivity contribution >= 4 is 23.6 Å². The molecule has 1 aliphatic heterocycles. The Hall–Kier alpha value is -3.34. The maximum atomic E-state index is 13.5. The van der Waals surface area contributed by atoms with Gasteiger partial charge in [0.25, 0.3) is 0 Å². The van der Waals surface area contributed by atoms with Crippen molar-refractivity contribution in [1.82, 2.24) is 9.55 Å². The number of aliphatic hydroxyl groups is 2. The van der Waals surface area contributed by atoms with Crippen LogP contribution in [-0.2, 0) is 20.0 Å².